The second-order valence-electron chi connectivity index (χ2n) is 7.18. The number of esters is 2. The number of methoxy groups -OCH3 is 2. The number of thiazole rings is 1. The highest BCUT2D eigenvalue weighted by atomic mass is 32.1. The van der Waals surface area contributed by atoms with Crippen LogP contribution in [0.25, 0.3) is 11.3 Å². The molecule has 0 amide bonds. The number of ether oxygens (including phenoxy) is 3. The molecular weight excluding hydrogens is 442 g/mol. The molecule has 0 spiro atoms. The third-order valence-corrected chi connectivity index (χ3v) is 6.11. The van der Waals surface area contributed by atoms with Crippen molar-refractivity contribution in [1.82, 2.24) is 4.98 Å². The maximum atomic E-state index is 12.1. The van der Waals surface area contributed by atoms with Crippen LogP contribution in [-0.4, -0.2) is 63.7 Å². The zero-order chi connectivity index (χ0) is 23.2. The van der Waals surface area contributed by atoms with Crippen LogP contribution < -0.4 is 4.90 Å². The van der Waals surface area contributed by atoms with Gasteiger partial charge in [0.25, 0.3) is 0 Å². The molecule has 170 valence electrons. The first-order chi connectivity index (χ1) is 16.1. The average molecular weight is 466 g/mol. The lowest BCUT2D eigenvalue weighted by Crippen LogP contribution is -2.36. The Labute approximate surface area is 195 Å². The topological polar surface area (TPSA) is 90.3 Å². The van der Waals surface area contributed by atoms with E-state index in [0.29, 0.717) is 18.9 Å². The number of aliphatic imine (C=N–C) groups is 1. The number of benzene rings is 2. The number of hydrogen-bond donors (Lipinski definition) is 0. The summed E-state index contributed by atoms with van der Waals surface area (Å²) in [6.07, 6.45) is 1.71. The van der Waals surface area contributed by atoms with Gasteiger partial charge in [0.2, 0.25) is 0 Å². The van der Waals surface area contributed by atoms with Crippen LogP contribution in [0, 0.1) is 0 Å². The lowest BCUT2D eigenvalue weighted by atomic mass is 10.1. The predicted molar refractivity (Wildman–Crippen MR) is 127 cm³/mol. The number of carbonyl (C=O) groups excluding carboxylic acids is 2. The molecule has 2 aromatic carbocycles. The third-order valence-electron chi connectivity index (χ3n) is 5.06. The van der Waals surface area contributed by atoms with Gasteiger partial charge in [-0.05, 0) is 18.2 Å². The van der Waals surface area contributed by atoms with Crippen LogP contribution >= 0.6 is 11.3 Å². The van der Waals surface area contributed by atoms with Gasteiger partial charge >= 0.3 is 11.9 Å². The van der Waals surface area contributed by atoms with E-state index in [9.17, 15) is 9.59 Å². The molecule has 0 bridgehead atoms. The monoisotopic (exact) mass is 465 g/mol. The van der Waals surface area contributed by atoms with E-state index in [1.54, 1.807) is 18.3 Å². The number of hydrogen-bond acceptors (Lipinski definition) is 9. The number of nitrogens with zero attached hydrogens (tertiary/aromatic N) is 3. The summed E-state index contributed by atoms with van der Waals surface area (Å²) in [5.41, 5.74) is 2.67. The van der Waals surface area contributed by atoms with Gasteiger partial charge in [-0.2, -0.15) is 0 Å². The van der Waals surface area contributed by atoms with Crippen molar-refractivity contribution in [2.75, 3.05) is 45.4 Å². The van der Waals surface area contributed by atoms with Crippen molar-refractivity contribution in [3.8, 4) is 11.3 Å². The highest BCUT2D eigenvalue weighted by molar-refractivity contribution is 7.17. The zero-order valence-electron chi connectivity index (χ0n) is 18.3. The summed E-state index contributed by atoms with van der Waals surface area (Å²) in [4.78, 5) is 36.7. The van der Waals surface area contributed by atoms with Gasteiger partial charge < -0.3 is 19.1 Å². The van der Waals surface area contributed by atoms with Crippen molar-refractivity contribution in [1.29, 1.82) is 0 Å². The van der Waals surface area contributed by atoms with Gasteiger partial charge in [0, 0.05) is 24.9 Å². The summed E-state index contributed by atoms with van der Waals surface area (Å²) in [5, 5.41) is 0.900. The van der Waals surface area contributed by atoms with Crippen LogP contribution in [0.2, 0.25) is 0 Å². The molecule has 3 aromatic rings. The van der Waals surface area contributed by atoms with Crippen LogP contribution in [0.5, 0.6) is 0 Å². The third kappa shape index (κ3) is 5.27. The smallest absolute Gasteiger partial charge is 0.337 e. The molecule has 33 heavy (non-hydrogen) atoms. The summed E-state index contributed by atoms with van der Waals surface area (Å²) in [7, 11) is 2.57. The van der Waals surface area contributed by atoms with Crippen LogP contribution in [0.4, 0.5) is 10.8 Å². The molecule has 0 aliphatic carbocycles. The first kappa shape index (κ1) is 22.6. The molecule has 8 nitrogen and oxygen atoms in total. The fourth-order valence-electron chi connectivity index (χ4n) is 3.39. The molecule has 0 saturated carbocycles. The molecule has 4 rings (SSSR count). The van der Waals surface area contributed by atoms with Gasteiger partial charge in [-0.25, -0.2) is 14.6 Å². The van der Waals surface area contributed by atoms with Crippen LogP contribution in [0.3, 0.4) is 0 Å². The molecular formula is C24H23N3O5S. The van der Waals surface area contributed by atoms with E-state index in [0.717, 1.165) is 34.4 Å². The summed E-state index contributed by atoms with van der Waals surface area (Å²) in [6, 6.07) is 14.5. The van der Waals surface area contributed by atoms with E-state index in [-0.39, 0.29) is 11.1 Å². The standard InChI is InChI=1S/C24H23N3O5S/c1-30-22(28)17-12-18(23(29)31-2)14-19(13-17)25-15-20-21(16-6-4-3-5-7-16)26-24(33-20)27-8-10-32-11-9-27/h3-7,12-15H,8-11H2,1-2H3. The maximum absolute atomic E-state index is 12.1. The van der Waals surface area contributed by atoms with Gasteiger partial charge in [0.1, 0.15) is 0 Å². The quantitative estimate of drug-likeness (QED) is 0.402. The number of carbonyl (C=O) groups is 2. The molecule has 1 aromatic heterocycles. The van der Waals surface area contributed by atoms with E-state index < -0.39 is 11.9 Å². The Kier molecular flexibility index (Phi) is 7.11. The number of anilines is 1. The maximum Gasteiger partial charge on any atom is 0.337 e. The Balaban J connectivity index is 1.73. The number of morpholine rings is 1. The molecule has 0 atom stereocenters. The van der Waals surface area contributed by atoms with Crippen LogP contribution in [0.1, 0.15) is 25.6 Å². The molecule has 1 saturated heterocycles. The van der Waals surface area contributed by atoms with Gasteiger partial charge in [-0.3, -0.25) is 4.99 Å². The van der Waals surface area contributed by atoms with E-state index in [1.807, 2.05) is 30.3 Å². The van der Waals surface area contributed by atoms with Crippen molar-refractivity contribution >= 4 is 40.3 Å². The Morgan fingerprint density at radius 1 is 1.03 bits per heavy atom. The predicted octanol–water partition coefficient (Wildman–Crippen LogP) is 3.97. The van der Waals surface area contributed by atoms with E-state index in [4.69, 9.17) is 19.2 Å². The highest BCUT2D eigenvalue weighted by Crippen LogP contribution is 2.33. The Morgan fingerprint density at radius 2 is 1.67 bits per heavy atom. The van der Waals surface area contributed by atoms with Crippen LogP contribution in [-0.2, 0) is 14.2 Å². The van der Waals surface area contributed by atoms with E-state index in [1.165, 1.54) is 31.6 Å². The second-order valence-corrected chi connectivity index (χ2v) is 8.19. The first-order valence-electron chi connectivity index (χ1n) is 10.3. The van der Waals surface area contributed by atoms with Crippen molar-refractivity contribution in [2.24, 2.45) is 4.99 Å². The molecule has 2 heterocycles. The van der Waals surface area contributed by atoms with Gasteiger partial charge in [0.15, 0.2) is 5.13 Å². The minimum Gasteiger partial charge on any atom is -0.465 e. The van der Waals surface area contributed by atoms with Gasteiger partial charge in [-0.1, -0.05) is 41.7 Å². The summed E-state index contributed by atoms with van der Waals surface area (Å²) >= 11 is 1.54. The molecule has 0 N–H and O–H groups in total. The normalized spacial score (nSPS) is 13.8. The van der Waals surface area contributed by atoms with Crippen molar-refractivity contribution < 1.29 is 23.8 Å². The SMILES string of the molecule is COC(=O)c1cc(N=Cc2sc(N3CCOCC3)nc2-c2ccccc2)cc(C(=O)OC)c1. The molecule has 0 radical (unpaired) electrons. The lowest BCUT2D eigenvalue weighted by molar-refractivity contribution is 0.0599. The zero-order valence-corrected chi connectivity index (χ0v) is 19.1. The Morgan fingerprint density at radius 3 is 2.27 bits per heavy atom. The highest BCUT2D eigenvalue weighted by Gasteiger charge is 2.19. The summed E-state index contributed by atoms with van der Waals surface area (Å²) in [5.74, 6) is -1.12. The minimum absolute atomic E-state index is 0.217. The second kappa shape index (κ2) is 10.4. The lowest BCUT2D eigenvalue weighted by Gasteiger charge is -2.26. The van der Waals surface area contributed by atoms with Gasteiger partial charge in [0.05, 0.1) is 54.8 Å². The molecule has 1 aliphatic rings. The van der Waals surface area contributed by atoms with Gasteiger partial charge in [-0.15, -0.1) is 0 Å². The van der Waals surface area contributed by atoms with E-state index in [2.05, 4.69) is 9.89 Å². The van der Waals surface area contributed by atoms with Crippen molar-refractivity contribution in [3.63, 3.8) is 0 Å². The van der Waals surface area contributed by atoms with E-state index >= 15 is 0 Å². The molecule has 1 aliphatic heterocycles. The van der Waals surface area contributed by atoms with Crippen molar-refractivity contribution in [3.05, 3.63) is 64.5 Å². The number of rotatable bonds is 6. The number of aromatic nitrogens is 1. The summed E-state index contributed by atoms with van der Waals surface area (Å²) in [6.45, 7) is 2.89. The fourth-order valence-corrected chi connectivity index (χ4v) is 4.40. The largest absolute Gasteiger partial charge is 0.465 e. The molecule has 9 heteroatoms. The Bertz CT molecular complexity index is 1140. The summed E-state index contributed by atoms with van der Waals surface area (Å²) < 4.78 is 15.1. The Hall–Kier alpha value is -3.56. The molecule has 0 unspecified atom stereocenters. The average Bonchev–Trinajstić information content (AvgIpc) is 3.31. The van der Waals surface area contributed by atoms with Crippen LogP contribution in [0.15, 0.2) is 53.5 Å². The minimum atomic E-state index is -0.561. The molecule has 1 fully saturated rings. The van der Waals surface area contributed by atoms with Crippen molar-refractivity contribution in [2.45, 2.75) is 0 Å². The first-order valence-corrected chi connectivity index (χ1v) is 11.2. The fraction of sp³-hybridized carbons (Fsp3) is 0.250.